The number of fused-ring (bicyclic) bond motifs is 1. The lowest BCUT2D eigenvalue weighted by Gasteiger charge is -2.07. The van der Waals surface area contributed by atoms with Gasteiger partial charge >= 0.3 is 0 Å². The van der Waals surface area contributed by atoms with E-state index in [1.165, 1.54) is 6.26 Å². The van der Waals surface area contributed by atoms with E-state index < -0.39 is 0 Å². The number of nitrogens with zero attached hydrogens (tertiary/aromatic N) is 1. The van der Waals surface area contributed by atoms with E-state index in [0.717, 1.165) is 21.9 Å². The predicted molar refractivity (Wildman–Crippen MR) is 121 cm³/mol. The van der Waals surface area contributed by atoms with E-state index >= 15 is 0 Å². The highest BCUT2D eigenvalue weighted by molar-refractivity contribution is 6.03. The average Bonchev–Trinajstić information content (AvgIpc) is 3.33. The van der Waals surface area contributed by atoms with Gasteiger partial charge in [-0.1, -0.05) is 54.6 Å². The number of hydrogen-bond acceptors (Lipinski definition) is 4. The fourth-order valence-corrected chi connectivity index (χ4v) is 3.27. The quantitative estimate of drug-likeness (QED) is 0.354. The van der Waals surface area contributed by atoms with Crippen LogP contribution < -0.4 is 10.7 Å². The van der Waals surface area contributed by atoms with Crippen LogP contribution >= 0.6 is 0 Å². The van der Waals surface area contributed by atoms with E-state index in [2.05, 4.69) is 15.8 Å². The second-order valence-electron chi connectivity index (χ2n) is 7.06. The number of carbonyl (C=O) groups excluding carboxylic acids is 2. The minimum atomic E-state index is -0.316. The van der Waals surface area contributed by atoms with Crippen molar-refractivity contribution in [1.29, 1.82) is 0 Å². The fraction of sp³-hybridized carbons (Fsp3) is 0.0800. The molecular formula is C25H21N3O3. The number of anilines is 1. The first-order valence-corrected chi connectivity index (χ1v) is 9.85. The molecule has 0 aliphatic heterocycles. The number of nitrogens with one attached hydrogen (secondary N) is 2. The van der Waals surface area contributed by atoms with Crippen LogP contribution in [0.5, 0.6) is 0 Å². The zero-order chi connectivity index (χ0) is 21.6. The van der Waals surface area contributed by atoms with E-state index in [-0.39, 0.29) is 24.0 Å². The van der Waals surface area contributed by atoms with Gasteiger partial charge in [-0.3, -0.25) is 9.59 Å². The highest BCUT2D eigenvalue weighted by atomic mass is 16.3. The molecule has 0 saturated heterocycles. The summed E-state index contributed by atoms with van der Waals surface area (Å²) in [5.41, 5.74) is 5.72. The molecule has 0 aliphatic carbocycles. The Bertz CT molecular complexity index is 1240. The first kappa shape index (κ1) is 20.1. The molecule has 0 aliphatic rings. The van der Waals surface area contributed by atoms with Gasteiger partial charge in [-0.15, -0.1) is 0 Å². The molecule has 1 aromatic heterocycles. The van der Waals surface area contributed by atoms with Gasteiger partial charge in [-0.05, 0) is 53.1 Å². The first-order valence-electron chi connectivity index (χ1n) is 9.85. The van der Waals surface area contributed by atoms with Crippen LogP contribution in [0.15, 0.2) is 94.6 Å². The van der Waals surface area contributed by atoms with Crippen molar-refractivity contribution in [3.05, 3.63) is 102 Å². The Morgan fingerprint density at radius 3 is 2.45 bits per heavy atom. The summed E-state index contributed by atoms with van der Waals surface area (Å²) in [6.07, 6.45) is 1.70. The monoisotopic (exact) mass is 411 g/mol. The third-order valence-corrected chi connectivity index (χ3v) is 4.88. The molecule has 1 heterocycles. The van der Waals surface area contributed by atoms with Crippen molar-refractivity contribution in [1.82, 2.24) is 5.43 Å². The van der Waals surface area contributed by atoms with Gasteiger partial charge in [0.25, 0.3) is 5.91 Å². The van der Waals surface area contributed by atoms with Crippen LogP contribution in [0.4, 0.5) is 5.69 Å². The second kappa shape index (κ2) is 9.09. The molecule has 154 valence electrons. The molecule has 3 aromatic carbocycles. The standard InChI is InChI=1S/C25H21N3O3/c1-17(18-11-13-21(14-12-18)26-25(30)23-10-5-15-31-23)27-28-24(29)16-20-8-4-7-19-6-2-3-9-22(19)20/h2-15H,16H2,1H3,(H,26,30)(H,28,29). The molecule has 2 N–H and O–H groups in total. The zero-order valence-corrected chi connectivity index (χ0v) is 17.0. The minimum Gasteiger partial charge on any atom is -0.459 e. The summed E-state index contributed by atoms with van der Waals surface area (Å²) < 4.78 is 5.08. The van der Waals surface area contributed by atoms with E-state index in [9.17, 15) is 9.59 Å². The highest BCUT2D eigenvalue weighted by Crippen LogP contribution is 2.19. The van der Waals surface area contributed by atoms with Gasteiger partial charge in [0.1, 0.15) is 0 Å². The number of rotatable bonds is 6. The van der Waals surface area contributed by atoms with Crippen molar-refractivity contribution in [2.75, 3.05) is 5.32 Å². The molecule has 0 radical (unpaired) electrons. The van der Waals surface area contributed by atoms with E-state index in [0.29, 0.717) is 11.4 Å². The number of benzene rings is 3. The Labute approximate surface area is 179 Å². The maximum Gasteiger partial charge on any atom is 0.291 e. The summed E-state index contributed by atoms with van der Waals surface area (Å²) >= 11 is 0. The molecule has 0 atom stereocenters. The number of furan rings is 1. The smallest absolute Gasteiger partial charge is 0.291 e. The SMILES string of the molecule is CC(=NNC(=O)Cc1cccc2ccccc12)c1ccc(NC(=O)c2ccco2)cc1. The molecule has 6 heteroatoms. The lowest BCUT2D eigenvalue weighted by molar-refractivity contribution is -0.120. The topological polar surface area (TPSA) is 83.7 Å². The molecule has 0 saturated carbocycles. The Morgan fingerprint density at radius 1 is 0.903 bits per heavy atom. The molecule has 31 heavy (non-hydrogen) atoms. The first-order chi connectivity index (χ1) is 15.1. The van der Waals surface area contributed by atoms with E-state index in [1.807, 2.05) is 61.5 Å². The van der Waals surface area contributed by atoms with Crippen LogP contribution in [-0.4, -0.2) is 17.5 Å². The van der Waals surface area contributed by atoms with Gasteiger partial charge in [-0.2, -0.15) is 5.10 Å². The van der Waals surface area contributed by atoms with Gasteiger partial charge in [0, 0.05) is 5.69 Å². The Hall–Kier alpha value is -4.19. The van der Waals surface area contributed by atoms with Crippen molar-refractivity contribution in [3.8, 4) is 0 Å². The van der Waals surface area contributed by atoms with Gasteiger partial charge < -0.3 is 9.73 Å². The summed E-state index contributed by atoms with van der Waals surface area (Å²) in [4.78, 5) is 24.4. The van der Waals surface area contributed by atoms with Gasteiger partial charge in [-0.25, -0.2) is 5.43 Å². The normalized spacial score (nSPS) is 11.3. The van der Waals surface area contributed by atoms with Gasteiger partial charge in [0.05, 0.1) is 18.4 Å². The average molecular weight is 411 g/mol. The number of amides is 2. The van der Waals surface area contributed by atoms with Crippen LogP contribution in [0.1, 0.15) is 28.6 Å². The Kier molecular flexibility index (Phi) is 5.89. The van der Waals surface area contributed by atoms with Gasteiger partial charge in [0.2, 0.25) is 5.91 Å². The molecule has 6 nitrogen and oxygen atoms in total. The molecule has 0 bridgehead atoms. The summed E-state index contributed by atoms with van der Waals surface area (Å²) in [6.45, 7) is 1.81. The van der Waals surface area contributed by atoms with Crippen molar-refractivity contribution in [2.24, 2.45) is 5.10 Å². The van der Waals surface area contributed by atoms with E-state index in [1.54, 1.807) is 24.3 Å². The molecule has 0 unspecified atom stereocenters. The summed E-state index contributed by atoms with van der Waals surface area (Å²) in [6, 6.07) is 24.4. The number of carbonyl (C=O) groups is 2. The number of hydrogen-bond donors (Lipinski definition) is 2. The highest BCUT2D eigenvalue weighted by Gasteiger charge is 2.09. The fourth-order valence-electron chi connectivity index (χ4n) is 3.27. The van der Waals surface area contributed by atoms with E-state index in [4.69, 9.17) is 4.42 Å². The summed E-state index contributed by atoms with van der Waals surface area (Å²) in [5, 5.41) is 9.14. The van der Waals surface area contributed by atoms with Crippen LogP contribution in [0.2, 0.25) is 0 Å². The van der Waals surface area contributed by atoms with Crippen molar-refractivity contribution >= 4 is 34.0 Å². The van der Waals surface area contributed by atoms with Crippen LogP contribution in [0, 0.1) is 0 Å². The largest absolute Gasteiger partial charge is 0.459 e. The van der Waals surface area contributed by atoms with Crippen LogP contribution in [-0.2, 0) is 11.2 Å². The minimum absolute atomic E-state index is 0.182. The molecule has 0 fully saturated rings. The maximum atomic E-state index is 12.4. The van der Waals surface area contributed by atoms with Crippen molar-refractivity contribution in [2.45, 2.75) is 13.3 Å². The van der Waals surface area contributed by atoms with Crippen LogP contribution in [0.3, 0.4) is 0 Å². The second-order valence-corrected chi connectivity index (χ2v) is 7.06. The number of hydrazone groups is 1. The molecular weight excluding hydrogens is 390 g/mol. The van der Waals surface area contributed by atoms with Crippen molar-refractivity contribution < 1.29 is 14.0 Å². The van der Waals surface area contributed by atoms with Gasteiger partial charge in [0.15, 0.2) is 5.76 Å². The third kappa shape index (κ3) is 4.87. The molecule has 4 aromatic rings. The molecule has 4 rings (SSSR count). The summed E-state index contributed by atoms with van der Waals surface area (Å²) in [5.74, 6) is -0.252. The zero-order valence-electron chi connectivity index (χ0n) is 17.0. The molecule has 0 spiro atoms. The third-order valence-electron chi connectivity index (χ3n) is 4.88. The molecule has 2 amide bonds. The lowest BCUT2D eigenvalue weighted by Crippen LogP contribution is -2.21. The maximum absolute atomic E-state index is 12.4. The summed E-state index contributed by atoms with van der Waals surface area (Å²) in [7, 11) is 0. The lowest BCUT2D eigenvalue weighted by atomic mass is 10.0. The van der Waals surface area contributed by atoms with Crippen molar-refractivity contribution in [3.63, 3.8) is 0 Å². The predicted octanol–water partition coefficient (Wildman–Crippen LogP) is 4.77. The Balaban J connectivity index is 1.37. The van der Waals surface area contributed by atoms with Crippen LogP contribution in [0.25, 0.3) is 10.8 Å². The Morgan fingerprint density at radius 2 is 1.68 bits per heavy atom.